The Hall–Kier alpha value is -1.02. The maximum atomic E-state index is 10.7. The SMILES string of the molecule is CC(=O)/C=C/c1ccc(S)c(C)c1. The molecule has 0 unspecified atom stereocenters. The summed E-state index contributed by atoms with van der Waals surface area (Å²) < 4.78 is 0. The number of carbonyl (C=O) groups excluding carboxylic acids is 1. The first kappa shape index (κ1) is 10.1. The Labute approximate surface area is 83.9 Å². The van der Waals surface area contributed by atoms with Crippen LogP contribution < -0.4 is 0 Å². The summed E-state index contributed by atoms with van der Waals surface area (Å²) in [4.78, 5) is 11.6. The number of hydrogen-bond donors (Lipinski definition) is 1. The van der Waals surface area contributed by atoms with Gasteiger partial charge in [-0.15, -0.1) is 12.6 Å². The predicted octanol–water partition coefficient (Wildman–Crippen LogP) is 2.89. The molecule has 0 spiro atoms. The van der Waals surface area contributed by atoms with E-state index in [2.05, 4.69) is 12.6 Å². The van der Waals surface area contributed by atoms with Gasteiger partial charge in [-0.1, -0.05) is 18.2 Å². The van der Waals surface area contributed by atoms with Crippen molar-refractivity contribution in [1.82, 2.24) is 0 Å². The standard InChI is InChI=1S/C11H12OS/c1-8-7-10(4-3-9(2)12)5-6-11(8)13/h3-7,13H,1-2H3/b4-3+. The average Bonchev–Trinajstić information content (AvgIpc) is 2.07. The van der Waals surface area contributed by atoms with Crippen LogP contribution in [0.2, 0.25) is 0 Å². The summed E-state index contributed by atoms with van der Waals surface area (Å²) in [5, 5.41) is 0. The fourth-order valence-corrected chi connectivity index (χ4v) is 1.13. The molecule has 0 heterocycles. The van der Waals surface area contributed by atoms with Gasteiger partial charge in [0.25, 0.3) is 0 Å². The molecule has 1 rings (SSSR count). The molecule has 13 heavy (non-hydrogen) atoms. The normalized spacial score (nSPS) is 10.7. The van der Waals surface area contributed by atoms with Crippen LogP contribution in [0.3, 0.4) is 0 Å². The Bertz CT molecular complexity index is 353. The van der Waals surface area contributed by atoms with Crippen LogP contribution in [0.5, 0.6) is 0 Å². The second-order valence-electron chi connectivity index (χ2n) is 2.99. The number of carbonyl (C=O) groups is 1. The van der Waals surface area contributed by atoms with Gasteiger partial charge in [-0.3, -0.25) is 4.79 Å². The molecule has 2 heteroatoms. The summed E-state index contributed by atoms with van der Waals surface area (Å²) in [5.74, 6) is 0.0626. The van der Waals surface area contributed by atoms with Crippen molar-refractivity contribution in [2.75, 3.05) is 0 Å². The molecule has 0 N–H and O–H groups in total. The first-order valence-electron chi connectivity index (χ1n) is 4.08. The molecule has 1 nitrogen and oxygen atoms in total. The zero-order valence-corrected chi connectivity index (χ0v) is 8.64. The highest BCUT2D eigenvalue weighted by molar-refractivity contribution is 7.80. The topological polar surface area (TPSA) is 17.1 Å². The van der Waals surface area contributed by atoms with Gasteiger partial charge in [0.1, 0.15) is 0 Å². The second-order valence-corrected chi connectivity index (χ2v) is 3.47. The lowest BCUT2D eigenvalue weighted by molar-refractivity contribution is -0.112. The largest absolute Gasteiger partial charge is 0.295 e. The van der Waals surface area contributed by atoms with Crippen LogP contribution in [-0.4, -0.2) is 5.78 Å². The van der Waals surface area contributed by atoms with Gasteiger partial charge in [0.2, 0.25) is 0 Å². The Morgan fingerprint density at radius 3 is 2.69 bits per heavy atom. The zero-order chi connectivity index (χ0) is 9.84. The van der Waals surface area contributed by atoms with Gasteiger partial charge in [-0.05, 0) is 37.1 Å². The highest BCUT2D eigenvalue weighted by Crippen LogP contribution is 2.15. The summed E-state index contributed by atoms with van der Waals surface area (Å²) >= 11 is 4.26. The van der Waals surface area contributed by atoms with Crippen LogP contribution >= 0.6 is 12.6 Å². The summed E-state index contributed by atoms with van der Waals surface area (Å²) in [6.07, 6.45) is 3.37. The van der Waals surface area contributed by atoms with Crippen LogP contribution in [0.15, 0.2) is 29.2 Å². The molecule has 0 radical (unpaired) electrons. The molecule has 0 amide bonds. The predicted molar refractivity (Wildman–Crippen MR) is 58.1 cm³/mol. The molecular formula is C11H12OS. The zero-order valence-electron chi connectivity index (χ0n) is 7.74. The number of ketones is 1. The van der Waals surface area contributed by atoms with Crippen LogP contribution in [0.4, 0.5) is 0 Å². The third-order valence-corrected chi connectivity index (χ3v) is 2.23. The Balaban J connectivity index is 2.92. The molecule has 1 aromatic carbocycles. The minimum atomic E-state index is 0.0626. The summed E-state index contributed by atoms with van der Waals surface area (Å²) in [5.41, 5.74) is 2.15. The van der Waals surface area contributed by atoms with Gasteiger partial charge >= 0.3 is 0 Å². The van der Waals surface area contributed by atoms with Crippen molar-refractivity contribution in [3.05, 3.63) is 35.4 Å². The molecule has 0 saturated carbocycles. The molecule has 1 aromatic rings. The van der Waals surface area contributed by atoms with Gasteiger partial charge in [0.15, 0.2) is 5.78 Å². The summed E-state index contributed by atoms with van der Waals surface area (Å²) in [6, 6.07) is 5.87. The van der Waals surface area contributed by atoms with E-state index in [0.29, 0.717) is 0 Å². The van der Waals surface area contributed by atoms with Crippen LogP contribution in [0.25, 0.3) is 6.08 Å². The Morgan fingerprint density at radius 2 is 2.15 bits per heavy atom. The molecular weight excluding hydrogens is 180 g/mol. The third-order valence-electron chi connectivity index (χ3n) is 1.73. The lowest BCUT2D eigenvalue weighted by atomic mass is 10.1. The number of aryl methyl sites for hydroxylation is 1. The van der Waals surface area contributed by atoms with E-state index < -0.39 is 0 Å². The van der Waals surface area contributed by atoms with Crippen molar-refractivity contribution in [2.45, 2.75) is 18.7 Å². The van der Waals surface area contributed by atoms with E-state index in [9.17, 15) is 4.79 Å². The lowest BCUT2D eigenvalue weighted by Gasteiger charge is -1.99. The number of hydrogen-bond acceptors (Lipinski definition) is 2. The fourth-order valence-electron chi connectivity index (χ4n) is 0.996. The van der Waals surface area contributed by atoms with E-state index in [1.54, 1.807) is 6.08 Å². The van der Waals surface area contributed by atoms with E-state index in [-0.39, 0.29) is 5.78 Å². The smallest absolute Gasteiger partial charge is 0.152 e. The number of rotatable bonds is 2. The lowest BCUT2D eigenvalue weighted by Crippen LogP contribution is -1.82. The average molecular weight is 192 g/mol. The van der Waals surface area contributed by atoms with Crippen molar-refractivity contribution in [1.29, 1.82) is 0 Å². The molecule has 0 aromatic heterocycles. The molecule has 0 fully saturated rings. The van der Waals surface area contributed by atoms with Crippen LogP contribution in [0.1, 0.15) is 18.1 Å². The molecule has 0 aliphatic carbocycles. The molecule has 0 atom stereocenters. The van der Waals surface area contributed by atoms with E-state index in [1.807, 2.05) is 31.2 Å². The molecule has 68 valence electrons. The van der Waals surface area contributed by atoms with Gasteiger partial charge in [-0.2, -0.15) is 0 Å². The Morgan fingerprint density at radius 1 is 1.46 bits per heavy atom. The van der Waals surface area contributed by atoms with Gasteiger partial charge in [0, 0.05) is 4.90 Å². The minimum Gasteiger partial charge on any atom is -0.295 e. The maximum Gasteiger partial charge on any atom is 0.152 e. The Kier molecular flexibility index (Phi) is 3.32. The van der Waals surface area contributed by atoms with Crippen molar-refractivity contribution >= 4 is 24.5 Å². The highest BCUT2D eigenvalue weighted by atomic mass is 32.1. The maximum absolute atomic E-state index is 10.7. The highest BCUT2D eigenvalue weighted by Gasteiger charge is 1.93. The van der Waals surface area contributed by atoms with E-state index in [1.165, 1.54) is 6.92 Å². The second kappa shape index (κ2) is 4.28. The minimum absolute atomic E-state index is 0.0626. The van der Waals surface area contributed by atoms with Crippen molar-refractivity contribution in [2.24, 2.45) is 0 Å². The monoisotopic (exact) mass is 192 g/mol. The summed E-state index contributed by atoms with van der Waals surface area (Å²) in [7, 11) is 0. The van der Waals surface area contributed by atoms with Crippen LogP contribution in [0, 0.1) is 6.92 Å². The van der Waals surface area contributed by atoms with E-state index >= 15 is 0 Å². The number of allylic oxidation sites excluding steroid dienone is 1. The molecule has 0 aliphatic heterocycles. The van der Waals surface area contributed by atoms with E-state index in [0.717, 1.165) is 16.0 Å². The van der Waals surface area contributed by atoms with E-state index in [4.69, 9.17) is 0 Å². The summed E-state index contributed by atoms with van der Waals surface area (Å²) in [6.45, 7) is 3.53. The molecule has 0 saturated heterocycles. The van der Waals surface area contributed by atoms with Crippen molar-refractivity contribution in [3.8, 4) is 0 Å². The van der Waals surface area contributed by atoms with Gasteiger partial charge in [-0.25, -0.2) is 0 Å². The molecule has 0 aliphatic rings. The quantitative estimate of drug-likeness (QED) is 0.563. The van der Waals surface area contributed by atoms with Crippen molar-refractivity contribution in [3.63, 3.8) is 0 Å². The molecule has 0 bridgehead atoms. The van der Waals surface area contributed by atoms with Gasteiger partial charge < -0.3 is 0 Å². The van der Waals surface area contributed by atoms with Crippen molar-refractivity contribution < 1.29 is 4.79 Å². The number of thiol groups is 1. The third kappa shape index (κ3) is 3.07. The first-order valence-corrected chi connectivity index (χ1v) is 4.52. The van der Waals surface area contributed by atoms with Gasteiger partial charge in [0.05, 0.1) is 0 Å². The first-order chi connectivity index (χ1) is 6.09. The fraction of sp³-hybridized carbons (Fsp3) is 0.182. The van der Waals surface area contributed by atoms with Crippen LogP contribution in [-0.2, 0) is 4.79 Å². The number of benzene rings is 1.